The smallest absolute Gasteiger partial charge is 0.332 e. The Morgan fingerprint density at radius 3 is 2.45 bits per heavy atom. The van der Waals surface area contributed by atoms with Gasteiger partial charge in [0.1, 0.15) is 30.3 Å². The normalized spacial score (nSPS) is 10.9. The van der Waals surface area contributed by atoms with Gasteiger partial charge in [-0.1, -0.05) is 12.7 Å². The minimum Gasteiger partial charge on any atom is -0.497 e. The molecule has 0 fully saturated rings. The van der Waals surface area contributed by atoms with Crippen molar-refractivity contribution in [3.8, 4) is 11.5 Å². The molecule has 0 saturated carbocycles. The van der Waals surface area contributed by atoms with Crippen LogP contribution in [0, 0.1) is 0 Å². The molecule has 122 valence electrons. The van der Waals surface area contributed by atoms with Crippen molar-refractivity contribution < 1.29 is 23.7 Å². The monoisotopic (exact) mass is 308 g/mol. The van der Waals surface area contributed by atoms with Crippen LogP contribution in [0.1, 0.15) is 26.3 Å². The van der Waals surface area contributed by atoms with Crippen molar-refractivity contribution in [3.05, 3.63) is 30.3 Å². The predicted octanol–water partition coefficient (Wildman–Crippen LogP) is 3.08. The van der Waals surface area contributed by atoms with E-state index < -0.39 is 5.60 Å². The van der Waals surface area contributed by atoms with Gasteiger partial charge in [-0.25, -0.2) is 4.79 Å². The fraction of sp³-hybridized carbons (Fsp3) is 0.471. The first kappa shape index (κ1) is 18.0. The van der Waals surface area contributed by atoms with Crippen LogP contribution in [0.5, 0.6) is 11.5 Å². The minimum atomic E-state index is -0.501. The summed E-state index contributed by atoms with van der Waals surface area (Å²) in [4.78, 5) is 11.4. The molecule has 22 heavy (non-hydrogen) atoms. The topological polar surface area (TPSA) is 54.0 Å². The van der Waals surface area contributed by atoms with Crippen molar-refractivity contribution >= 4 is 12.0 Å². The summed E-state index contributed by atoms with van der Waals surface area (Å²) >= 11 is 0. The first-order valence-electron chi connectivity index (χ1n) is 7.08. The Hall–Kier alpha value is -2.01. The van der Waals surface area contributed by atoms with Crippen LogP contribution in [0.3, 0.4) is 0 Å². The molecule has 1 aromatic carbocycles. The van der Waals surface area contributed by atoms with Crippen molar-refractivity contribution in [3.63, 3.8) is 0 Å². The van der Waals surface area contributed by atoms with E-state index in [4.69, 9.17) is 18.9 Å². The van der Waals surface area contributed by atoms with Gasteiger partial charge < -0.3 is 18.9 Å². The maximum Gasteiger partial charge on any atom is 0.332 e. The highest BCUT2D eigenvalue weighted by Gasteiger charge is 2.15. The summed E-state index contributed by atoms with van der Waals surface area (Å²) in [7, 11) is 1.59. The van der Waals surface area contributed by atoms with Gasteiger partial charge in [-0.3, -0.25) is 0 Å². The third-order valence-electron chi connectivity index (χ3n) is 2.51. The molecule has 5 heteroatoms. The highest BCUT2D eigenvalue weighted by Crippen LogP contribution is 2.23. The predicted molar refractivity (Wildman–Crippen MR) is 85.2 cm³/mol. The molecule has 0 aromatic heterocycles. The number of rotatable bonds is 8. The lowest BCUT2D eigenvalue weighted by molar-refractivity contribution is -0.160. The molecule has 0 heterocycles. The Bertz CT molecular complexity index is 502. The van der Waals surface area contributed by atoms with Crippen LogP contribution in [-0.4, -0.2) is 38.5 Å². The van der Waals surface area contributed by atoms with E-state index >= 15 is 0 Å². The molecule has 0 unspecified atom stereocenters. The van der Waals surface area contributed by atoms with Gasteiger partial charge in [-0.05, 0) is 38.5 Å². The van der Waals surface area contributed by atoms with E-state index in [0.29, 0.717) is 24.7 Å². The number of ether oxygens (including phenoxy) is 4. The molecular weight excluding hydrogens is 284 g/mol. The zero-order valence-corrected chi connectivity index (χ0v) is 13.7. The molecule has 0 amide bonds. The van der Waals surface area contributed by atoms with Crippen molar-refractivity contribution in [1.82, 2.24) is 0 Å². The van der Waals surface area contributed by atoms with Gasteiger partial charge in [0.05, 0.1) is 13.7 Å². The Morgan fingerprint density at radius 1 is 1.18 bits per heavy atom. The second kappa shape index (κ2) is 8.44. The molecule has 0 atom stereocenters. The van der Waals surface area contributed by atoms with Crippen LogP contribution in [0.25, 0.3) is 6.08 Å². The lowest BCUT2D eigenvalue weighted by Gasteiger charge is -2.19. The van der Waals surface area contributed by atoms with E-state index in [2.05, 4.69) is 6.58 Å². The van der Waals surface area contributed by atoms with Crippen LogP contribution in [0.4, 0.5) is 0 Å². The number of carbonyl (C=O) groups excluding carboxylic acids is 1. The summed E-state index contributed by atoms with van der Waals surface area (Å²) in [5.74, 6) is 0.972. The molecule has 0 saturated heterocycles. The number of hydrogen-bond acceptors (Lipinski definition) is 5. The second-order valence-corrected chi connectivity index (χ2v) is 5.63. The third kappa shape index (κ3) is 7.13. The zero-order valence-electron chi connectivity index (χ0n) is 13.7. The molecular formula is C17H24O5. The lowest BCUT2D eigenvalue weighted by atomic mass is 10.2. The van der Waals surface area contributed by atoms with E-state index in [9.17, 15) is 4.79 Å². The average Bonchev–Trinajstić information content (AvgIpc) is 2.44. The van der Waals surface area contributed by atoms with Crippen LogP contribution in [0.15, 0.2) is 24.8 Å². The van der Waals surface area contributed by atoms with Gasteiger partial charge in [0, 0.05) is 6.07 Å². The average molecular weight is 308 g/mol. The molecule has 0 N–H and O–H groups in total. The number of carbonyl (C=O) groups is 1. The van der Waals surface area contributed by atoms with Gasteiger partial charge in [-0.15, -0.1) is 0 Å². The van der Waals surface area contributed by atoms with E-state index in [-0.39, 0.29) is 12.6 Å². The van der Waals surface area contributed by atoms with Crippen LogP contribution >= 0.6 is 0 Å². The van der Waals surface area contributed by atoms with Crippen LogP contribution in [-0.2, 0) is 14.3 Å². The first-order chi connectivity index (χ1) is 10.3. The fourth-order valence-electron chi connectivity index (χ4n) is 1.66. The quantitative estimate of drug-likeness (QED) is 0.545. The zero-order chi connectivity index (χ0) is 16.6. The van der Waals surface area contributed by atoms with E-state index in [1.54, 1.807) is 19.3 Å². The van der Waals surface area contributed by atoms with Crippen molar-refractivity contribution in [2.45, 2.75) is 26.4 Å². The Balaban J connectivity index is 2.33. The summed E-state index contributed by atoms with van der Waals surface area (Å²) in [5, 5.41) is 0. The molecule has 0 bridgehead atoms. The Morgan fingerprint density at radius 2 is 1.86 bits per heavy atom. The Labute approximate surface area is 131 Å². The largest absolute Gasteiger partial charge is 0.497 e. The molecule has 0 aliphatic rings. The van der Waals surface area contributed by atoms with Gasteiger partial charge in [0.2, 0.25) is 0 Å². The van der Waals surface area contributed by atoms with Crippen LogP contribution < -0.4 is 9.47 Å². The van der Waals surface area contributed by atoms with E-state index in [0.717, 1.165) is 5.56 Å². The van der Waals surface area contributed by atoms with Gasteiger partial charge in [0.15, 0.2) is 0 Å². The van der Waals surface area contributed by atoms with Crippen LogP contribution in [0.2, 0.25) is 0 Å². The van der Waals surface area contributed by atoms with Crippen molar-refractivity contribution in [2.75, 3.05) is 26.9 Å². The standard InChI is InChI=1S/C17H24O5/c1-6-13-9-14(19-5)11-15(10-13)21-8-7-20-12-16(18)22-17(2,3)4/h6,9-11H,1,7-8,12H2,2-5H3. The highest BCUT2D eigenvalue weighted by atomic mass is 16.6. The molecule has 0 aliphatic carbocycles. The van der Waals surface area contributed by atoms with Gasteiger partial charge in [0.25, 0.3) is 0 Å². The summed E-state index contributed by atoms with van der Waals surface area (Å²) in [5.41, 5.74) is 0.405. The van der Waals surface area contributed by atoms with E-state index in [1.165, 1.54) is 0 Å². The highest BCUT2D eigenvalue weighted by molar-refractivity contribution is 5.71. The summed E-state index contributed by atoms with van der Waals surface area (Å²) in [6, 6.07) is 5.49. The number of methoxy groups -OCH3 is 1. The minimum absolute atomic E-state index is 0.0867. The molecule has 0 aliphatic heterocycles. The summed E-state index contributed by atoms with van der Waals surface area (Å²) in [6.07, 6.45) is 1.72. The first-order valence-corrected chi connectivity index (χ1v) is 7.08. The van der Waals surface area contributed by atoms with Gasteiger partial charge in [-0.2, -0.15) is 0 Å². The maximum atomic E-state index is 11.4. The summed E-state index contributed by atoms with van der Waals surface area (Å²) in [6.45, 7) is 9.69. The van der Waals surface area contributed by atoms with Crippen molar-refractivity contribution in [1.29, 1.82) is 0 Å². The maximum absolute atomic E-state index is 11.4. The van der Waals surface area contributed by atoms with E-state index in [1.807, 2.05) is 32.9 Å². The Kier molecular flexibility index (Phi) is 6.92. The third-order valence-corrected chi connectivity index (χ3v) is 2.51. The number of hydrogen-bond donors (Lipinski definition) is 0. The number of benzene rings is 1. The molecule has 1 aromatic rings. The summed E-state index contributed by atoms with van der Waals surface area (Å²) < 4.78 is 21.1. The lowest BCUT2D eigenvalue weighted by Crippen LogP contribution is -2.27. The molecule has 1 rings (SSSR count). The molecule has 0 radical (unpaired) electrons. The number of esters is 1. The second-order valence-electron chi connectivity index (χ2n) is 5.63. The SMILES string of the molecule is C=Cc1cc(OC)cc(OCCOCC(=O)OC(C)(C)C)c1. The molecule has 0 spiro atoms. The molecule has 5 nitrogen and oxygen atoms in total. The fourth-order valence-corrected chi connectivity index (χ4v) is 1.66. The van der Waals surface area contributed by atoms with Crippen molar-refractivity contribution in [2.24, 2.45) is 0 Å². The van der Waals surface area contributed by atoms with Gasteiger partial charge >= 0.3 is 5.97 Å².